The summed E-state index contributed by atoms with van der Waals surface area (Å²) < 4.78 is 25.1. The molecule has 0 heterocycles. The molecular formula is C18H21F2N3OS. The van der Waals surface area contributed by atoms with Gasteiger partial charge in [0.25, 0.3) is 5.76 Å². The van der Waals surface area contributed by atoms with Gasteiger partial charge in [0.15, 0.2) is 0 Å². The number of rotatable bonds is 7. The molecule has 2 aromatic carbocycles. The van der Waals surface area contributed by atoms with Gasteiger partial charge in [0.1, 0.15) is 0 Å². The molecule has 0 spiro atoms. The van der Waals surface area contributed by atoms with Crippen molar-refractivity contribution in [3.8, 4) is 0 Å². The second-order valence-electron chi connectivity index (χ2n) is 5.51. The Labute approximate surface area is 150 Å². The standard InChI is InChI=1S/C18H21F2N3OS/c1-13(23(2)14-8-4-3-5-9-14)12-21-18(24)22-15-10-6-7-11-16(15)25-17(19)20/h3-11,13,17H,12H2,1-2H3,(H2,21,22,24). The van der Waals surface area contributed by atoms with Crippen molar-refractivity contribution in [2.75, 3.05) is 23.8 Å². The number of alkyl halides is 2. The number of carbonyl (C=O) groups is 1. The van der Waals surface area contributed by atoms with Gasteiger partial charge in [-0.25, -0.2) is 4.79 Å². The van der Waals surface area contributed by atoms with E-state index in [4.69, 9.17) is 0 Å². The molecule has 0 bridgehead atoms. The first-order valence-electron chi connectivity index (χ1n) is 7.84. The van der Waals surface area contributed by atoms with Gasteiger partial charge in [-0.3, -0.25) is 0 Å². The third kappa shape index (κ3) is 5.94. The number of nitrogens with one attached hydrogen (secondary N) is 2. The maximum atomic E-state index is 12.6. The van der Waals surface area contributed by atoms with Crippen LogP contribution in [0.5, 0.6) is 0 Å². The molecule has 0 radical (unpaired) electrons. The summed E-state index contributed by atoms with van der Waals surface area (Å²) in [6.45, 7) is 2.41. The van der Waals surface area contributed by atoms with Crippen molar-refractivity contribution in [2.24, 2.45) is 0 Å². The highest BCUT2D eigenvalue weighted by Gasteiger charge is 2.14. The van der Waals surface area contributed by atoms with Crippen LogP contribution in [0.3, 0.4) is 0 Å². The highest BCUT2D eigenvalue weighted by molar-refractivity contribution is 7.99. The number of thioether (sulfide) groups is 1. The van der Waals surface area contributed by atoms with Crippen LogP contribution in [0, 0.1) is 0 Å². The maximum absolute atomic E-state index is 12.6. The predicted molar refractivity (Wildman–Crippen MR) is 99.6 cm³/mol. The molecule has 4 nitrogen and oxygen atoms in total. The number of anilines is 2. The Balaban J connectivity index is 1.89. The van der Waals surface area contributed by atoms with E-state index in [-0.39, 0.29) is 6.04 Å². The Morgan fingerprint density at radius 2 is 1.76 bits per heavy atom. The summed E-state index contributed by atoms with van der Waals surface area (Å²) in [5, 5.41) is 5.40. The maximum Gasteiger partial charge on any atom is 0.319 e. The Hall–Kier alpha value is -2.28. The fourth-order valence-corrected chi connectivity index (χ4v) is 2.83. The van der Waals surface area contributed by atoms with Crippen LogP contribution in [-0.2, 0) is 0 Å². The van der Waals surface area contributed by atoms with E-state index in [2.05, 4.69) is 15.5 Å². The highest BCUT2D eigenvalue weighted by atomic mass is 32.2. The first-order valence-corrected chi connectivity index (χ1v) is 8.72. The number of carbonyl (C=O) groups excluding carboxylic acids is 1. The van der Waals surface area contributed by atoms with Crippen LogP contribution in [0.25, 0.3) is 0 Å². The second-order valence-corrected chi connectivity index (χ2v) is 6.54. The molecule has 134 valence electrons. The molecule has 0 saturated heterocycles. The summed E-state index contributed by atoms with van der Waals surface area (Å²) in [5.74, 6) is -2.54. The highest BCUT2D eigenvalue weighted by Crippen LogP contribution is 2.31. The molecule has 0 fully saturated rings. The third-order valence-electron chi connectivity index (χ3n) is 3.73. The van der Waals surface area contributed by atoms with Gasteiger partial charge in [-0.05, 0) is 31.2 Å². The van der Waals surface area contributed by atoms with Crippen molar-refractivity contribution < 1.29 is 13.6 Å². The third-order valence-corrected chi connectivity index (χ3v) is 4.52. The van der Waals surface area contributed by atoms with Crippen molar-refractivity contribution in [3.05, 3.63) is 54.6 Å². The fraction of sp³-hybridized carbons (Fsp3) is 0.278. The first-order chi connectivity index (χ1) is 12.0. The summed E-state index contributed by atoms with van der Waals surface area (Å²) in [5.41, 5.74) is 1.42. The zero-order valence-corrected chi connectivity index (χ0v) is 14.9. The Morgan fingerprint density at radius 1 is 1.12 bits per heavy atom. The smallest absolute Gasteiger partial charge is 0.319 e. The van der Waals surface area contributed by atoms with Gasteiger partial charge in [-0.2, -0.15) is 8.78 Å². The number of amides is 2. The quantitative estimate of drug-likeness (QED) is 0.702. The van der Waals surface area contributed by atoms with E-state index < -0.39 is 11.8 Å². The van der Waals surface area contributed by atoms with Crippen molar-refractivity contribution in [2.45, 2.75) is 23.6 Å². The molecule has 2 rings (SSSR count). The minimum atomic E-state index is -2.54. The first kappa shape index (κ1) is 19.1. The Kier molecular flexibility index (Phi) is 7.06. The molecule has 2 aromatic rings. The lowest BCUT2D eigenvalue weighted by Crippen LogP contribution is -2.41. The van der Waals surface area contributed by atoms with Crippen LogP contribution < -0.4 is 15.5 Å². The summed E-state index contributed by atoms with van der Waals surface area (Å²) in [7, 11) is 1.95. The summed E-state index contributed by atoms with van der Waals surface area (Å²) in [4.78, 5) is 14.5. The zero-order valence-electron chi connectivity index (χ0n) is 14.1. The minimum Gasteiger partial charge on any atom is -0.370 e. The molecular weight excluding hydrogens is 344 g/mol. The Bertz CT molecular complexity index is 685. The molecule has 1 unspecified atom stereocenters. The van der Waals surface area contributed by atoms with Gasteiger partial charge in [0, 0.05) is 30.2 Å². The summed E-state index contributed by atoms with van der Waals surface area (Å²) in [6.07, 6.45) is 0. The Morgan fingerprint density at radius 3 is 2.44 bits per heavy atom. The number of halogens is 2. The van der Waals surface area contributed by atoms with Gasteiger partial charge in [-0.1, -0.05) is 42.1 Å². The van der Waals surface area contributed by atoms with E-state index >= 15 is 0 Å². The normalized spacial score (nSPS) is 11.9. The number of likely N-dealkylation sites (N-methyl/N-ethyl adjacent to an activating group) is 1. The summed E-state index contributed by atoms with van der Waals surface area (Å²) >= 11 is 0.410. The molecule has 2 amide bonds. The van der Waals surface area contributed by atoms with Gasteiger partial charge in [0.05, 0.1) is 5.69 Å². The number of nitrogens with zero attached hydrogens (tertiary/aromatic N) is 1. The number of urea groups is 1. The van der Waals surface area contributed by atoms with E-state index in [1.807, 2.05) is 44.3 Å². The molecule has 25 heavy (non-hydrogen) atoms. The molecule has 2 N–H and O–H groups in total. The fourth-order valence-electron chi connectivity index (χ4n) is 2.23. The van der Waals surface area contributed by atoms with Crippen LogP contribution in [-0.4, -0.2) is 31.4 Å². The largest absolute Gasteiger partial charge is 0.370 e. The average molecular weight is 365 g/mol. The molecule has 0 saturated carbocycles. The second kappa shape index (κ2) is 9.27. The summed E-state index contributed by atoms with van der Waals surface area (Å²) in [6, 6.07) is 16.0. The number of hydrogen-bond acceptors (Lipinski definition) is 3. The number of benzene rings is 2. The molecule has 0 aliphatic heterocycles. The van der Waals surface area contributed by atoms with E-state index in [1.165, 1.54) is 0 Å². The lowest BCUT2D eigenvalue weighted by Gasteiger charge is -2.27. The molecule has 7 heteroatoms. The monoisotopic (exact) mass is 365 g/mol. The molecule has 0 aliphatic carbocycles. The SMILES string of the molecule is CC(CNC(=O)Nc1ccccc1SC(F)F)N(C)c1ccccc1. The van der Waals surface area contributed by atoms with Crippen molar-refractivity contribution in [1.29, 1.82) is 0 Å². The van der Waals surface area contributed by atoms with Crippen LogP contribution in [0.2, 0.25) is 0 Å². The molecule has 0 aliphatic rings. The predicted octanol–water partition coefficient (Wildman–Crippen LogP) is 4.65. The van der Waals surface area contributed by atoms with E-state index in [1.54, 1.807) is 24.3 Å². The topological polar surface area (TPSA) is 44.4 Å². The van der Waals surface area contributed by atoms with Gasteiger partial charge in [0.2, 0.25) is 0 Å². The van der Waals surface area contributed by atoms with Gasteiger partial charge in [-0.15, -0.1) is 0 Å². The molecule has 0 aromatic heterocycles. The number of hydrogen-bond donors (Lipinski definition) is 2. The van der Waals surface area contributed by atoms with E-state index in [0.29, 0.717) is 28.9 Å². The van der Waals surface area contributed by atoms with Crippen LogP contribution >= 0.6 is 11.8 Å². The van der Waals surface area contributed by atoms with E-state index in [0.717, 1.165) is 5.69 Å². The van der Waals surface area contributed by atoms with Crippen LogP contribution in [0.15, 0.2) is 59.5 Å². The van der Waals surface area contributed by atoms with Gasteiger partial charge < -0.3 is 15.5 Å². The van der Waals surface area contributed by atoms with Crippen LogP contribution in [0.1, 0.15) is 6.92 Å². The van der Waals surface area contributed by atoms with E-state index in [9.17, 15) is 13.6 Å². The van der Waals surface area contributed by atoms with Crippen molar-refractivity contribution in [1.82, 2.24) is 5.32 Å². The minimum absolute atomic E-state index is 0.0684. The van der Waals surface area contributed by atoms with Crippen molar-refractivity contribution in [3.63, 3.8) is 0 Å². The van der Waals surface area contributed by atoms with Gasteiger partial charge >= 0.3 is 6.03 Å². The van der Waals surface area contributed by atoms with Crippen molar-refractivity contribution >= 4 is 29.2 Å². The zero-order chi connectivity index (χ0) is 18.2. The lowest BCUT2D eigenvalue weighted by molar-refractivity contribution is 0.250. The number of para-hydroxylation sites is 2. The molecule has 1 atom stereocenters. The average Bonchev–Trinajstić information content (AvgIpc) is 2.61. The van der Waals surface area contributed by atoms with Crippen LogP contribution in [0.4, 0.5) is 25.0 Å². The lowest BCUT2D eigenvalue weighted by atomic mass is 10.2.